The molecule has 0 radical (unpaired) electrons. The molecule has 8 nitrogen and oxygen atoms in total. The minimum atomic E-state index is -3.69. The van der Waals surface area contributed by atoms with Crippen molar-refractivity contribution in [2.24, 2.45) is 0 Å². The highest BCUT2D eigenvalue weighted by molar-refractivity contribution is 7.89. The number of piperidine rings is 1. The molecule has 3 aliphatic rings. The lowest BCUT2D eigenvalue weighted by Crippen LogP contribution is -2.35. The summed E-state index contributed by atoms with van der Waals surface area (Å²) in [6.07, 6.45) is 6.09. The quantitative estimate of drug-likeness (QED) is 0.574. The highest BCUT2D eigenvalue weighted by Gasteiger charge is 2.39. The first-order valence-corrected chi connectivity index (χ1v) is 11.6. The van der Waals surface area contributed by atoms with E-state index in [2.05, 4.69) is 17.1 Å². The van der Waals surface area contributed by atoms with Gasteiger partial charge < -0.3 is 5.32 Å². The van der Waals surface area contributed by atoms with Gasteiger partial charge in [-0.3, -0.25) is 15.0 Å². The molecule has 1 N–H and O–H groups in total. The van der Waals surface area contributed by atoms with Crippen LogP contribution in [0.3, 0.4) is 0 Å². The lowest BCUT2D eigenvalue weighted by atomic mass is 10.1. The van der Waals surface area contributed by atoms with E-state index >= 15 is 0 Å². The summed E-state index contributed by atoms with van der Waals surface area (Å²) in [5.41, 5.74) is 0.230. The van der Waals surface area contributed by atoms with Gasteiger partial charge in [0.15, 0.2) is 0 Å². The Kier molecular flexibility index (Phi) is 5.32. The number of nitro benzene ring substituents is 1. The number of hydrogen-bond donors (Lipinski definition) is 1. The van der Waals surface area contributed by atoms with Gasteiger partial charge in [0.25, 0.3) is 5.69 Å². The van der Waals surface area contributed by atoms with Crippen molar-refractivity contribution in [2.45, 2.75) is 68.5 Å². The third-order valence-corrected chi connectivity index (χ3v) is 8.01. The van der Waals surface area contributed by atoms with Crippen molar-refractivity contribution < 1.29 is 13.3 Å². The molecule has 2 atom stereocenters. The molecule has 2 unspecified atom stereocenters. The summed E-state index contributed by atoms with van der Waals surface area (Å²) in [4.78, 5) is 13.6. The SMILES string of the molecule is CC1CC(Nc2ccc(S(=O)(=O)N3CCCCC3)cc2[N+](=O)[O-])CN1C1CC1. The molecule has 1 aliphatic carbocycles. The number of anilines is 1. The maximum absolute atomic E-state index is 12.9. The van der Waals surface area contributed by atoms with E-state index in [4.69, 9.17) is 0 Å². The van der Waals surface area contributed by atoms with E-state index < -0.39 is 14.9 Å². The summed E-state index contributed by atoms with van der Waals surface area (Å²) in [6, 6.07) is 5.52. The molecule has 2 aliphatic heterocycles. The normalized spacial score (nSPS) is 27.0. The van der Waals surface area contributed by atoms with Gasteiger partial charge in [-0.15, -0.1) is 0 Å². The molecule has 28 heavy (non-hydrogen) atoms. The average Bonchev–Trinajstić information content (AvgIpc) is 3.45. The van der Waals surface area contributed by atoms with Crippen LogP contribution >= 0.6 is 0 Å². The van der Waals surface area contributed by atoms with Crippen molar-refractivity contribution in [3.63, 3.8) is 0 Å². The van der Waals surface area contributed by atoms with Crippen molar-refractivity contribution in [1.82, 2.24) is 9.21 Å². The largest absolute Gasteiger partial charge is 0.375 e. The highest BCUT2D eigenvalue weighted by Crippen LogP contribution is 2.36. The smallest absolute Gasteiger partial charge is 0.293 e. The molecule has 1 aromatic carbocycles. The second kappa shape index (κ2) is 7.61. The minimum absolute atomic E-state index is 0.00560. The molecule has 0 spiro atoms. The van der Waals surface area contributed by atoms with Gasteiger partial charge in [0, 0.05) is 43.8 Å². The second-order valence-electron chi connectivity index (χ2n) is 8.25. The first-order valence-electron chi connectivity index (χ1n) is 10.2. The standard InChI is InChI=1S/C19H28N4O4S/c1-14-11-15(13-22(14)16-5-6-16)20-18-8-7-17(12-19(18)23(24)25)28(26,27)21-9-3-2-4-10-21/h7-8,12,14-16,20H,2-6,9-11,13H2,1H3. The van der Waals surface area contributed by atoms with Crippen LogP contribution in [-0.4, -0.2) is 60.3 Å². The van der Waals surface area contributed by atoms with Gasteiger partial charge in [0.1, 0.15) is 5.69 Å². The van der Waals surface area contributed by atoms with E-state index in [1.54, 1.807) is 6.07 Å². The lowest BCUT2D eigenvalue weighted by Gasteiger charge is -2.26. The Balaban J connectivity index is 1.55. The van der Waals surface area contributed by atoms with Gasteiger partial charge in [-0.05, 0) is 51.2 Å². The molecule has 9 heteroatoms. The number of hydrogen-bond acceptors (Lipinski definition) is 6. The zero-order valence-electron chi connectivity index (χ0n) is 16.2. The van der Waals surface area contributed by atoms with Gasteiger partial charge in [-0.1, -0.05) is 6.42 Å². The van der Waals surface area contributed by atoms with E-state index in [9.17, 15) is 18.5 Å². The Labute approximate surface area is 166 Å². The Morgan fingerprint density at radius 3 is 2.54 bits per heavy atom. The van der Waals surface area contributed by atoms with Crippen LogP contribution in [0, 0.1) is 10.1 Å². The monoisotopic (exact) mass is 408 g/mol. The molecular weight excluding hydrogens is 380 g/mol. The number of nitrogens with one attached hydrogen (secondary N) is 1. The van der Waals surface area contributed by atoms with Crippen LogP contribution < -0.4 is 5.32 Å². The van der Waals surface area contributed by atoms with E-state index in [1.165, 1.54) is 29.3 Å². The average molecular weight is 409 g/mol. The van der Waals surface area contributed by atoms with Crippen molar-refractivity contribution in [3.05, 3.63) is 28.3 Å². The van der Waals surface area contributed by atoms with Crippen LogP contribution in [0.25, 0.3) is 0 Å². The van der Waals surface area contributed by atoms with E-state index in [0.717, 1.165) is 32.2 Å². The fourth-order valence-corrected chi connectivity index (χ4v) is 6.03. The van der Waals surface area contributed by atoms with Gasteiger partial charge in [0.2, 0.25) is 10.0 Å². The number of likely N-dealkylation sites (tertiary alicyclic amines) is 1. The molecule has 2 heterocycles. The molecule has 2 saturated heterocycles. The van der Waals surface area contributed by atoms with Crippen LogP contribution in [-0.2, 0) is 10.0 Å². The Morgan fingerprint density at radius 1 is 1.18 bits per heavy atom. The summed E-state index contributed by atoms with van der Waals surface area (Å²) < 4.78 is 27.2. The molecule has 0 amide bonds. The van der Waals surface area contributed by atoms with Gasteiger partial charge in [-0.25, -0.2) is 8.42 Å². The maximum atomic E-state index is 12.9. The predicted molar refractivity (Wildman–Crippen MR) is 107 cm³/mol. The van der Waals surface area contributed by atoms with Crippen LogP contribution in [0.2, 0.25) is 0 Å². The van der Waals surface area contributed by atoms with Crippen molar-refractivity contribution >= 4 is 21.4 Å². The number of benzene rings is 1. The van der Waals surface area contributed by atoms with Crippen LogP contribution in [0.1, 0.15) is 45.4 Å². The molecule has 0 aromatic heterocycles. The lowest BCUT2D eigenvalue weighted by molar-refractivity contribution is -0.384. The van der Waals surface area contributed by atoms with Crippen molar-refractivity contribution in [2.75, 3.05) is 25.0 Å². The molecule has 154 valence electrons. The first-order chi connectivity index (χ1) is 13.4. The highest BCUT2D eigenvalue weighted by atomic mass is 32.2. The van der Waals surface area contributed by atoms with Gasteiger partial charge in [0.05, 0.1) is 9.82 Å². The fraction of sp³-hybridized carbons (Fsp3) is 0.684. The zero-order valence-corrected chi connectivity index (χ0v) is 17.0. The molecule has 3 fully saturated rings. The molecule has 1 saturated carbocycles. The summed E-state index contributed by atoms with van der Waals surface area (Å²) in [5.74, 6) is 0. The molecule has 1 aromatic rings. The van der Waals surface area contributed by atoms with Crippen molar-refractivity contribution in [3.8, 4) is 0 Å². The number of nitrogens with zero attached hydrogens (tertiary/aromatic N) is 3. The van der Waals surface area contributed by atoms with E-state index in [0.29, 0.717) is 30.9 Å². The summed E-state index contributed by atoms with van der Waals surface area (Å²) >= 11 is 0. The molecule has 4 rings (SSSR count). The molecular formula is C19H28N4O4S. The summed E-state index contributed by atoms with van der Waals surface area (Å²) in [7, 11) is -3.69. The number of sulfonamides is 1. The summed E-state index contributed by atoms with van der Waals surface area (Å²) in [6.45, 7) is 4.03. The van der Waals surface area contributed by atoms with Gasteiger partial charge in [-0.2, -0.15) is 4.31 Å². The van der Waals surface area contributed by atoms with E-state index in [-0.39, 0.29) is 16.6 Å². The second-order valence-corrected chi connectivity index (χ2v) is 10.2. The number of rotatable bonds is 6. The van der Waals surface area contributed by atoms with Crippen LogP contribution in [0.5, 0.6) is 0 Å². The van der Waals surface area contributed by atoms with Crippen molar-refractivity contribution in [1.29, 1.82) is 0 Å². The first kappa shape index (κ1) is 19.6. The number of nitro groups is 1. The van der Waals surface area contributed by atoms with E-state index in [1.807, 2.05) is 0 Å². The van der Waals surface area contributed by atoms with Gasteiger partial charge >= 0.3 is 0 Å². The minimum Gasteiger partial charge on any atom is -0.375 e. The predicted octanol–water partition coefficient (Wildman–Crippen LogP) is 2.81. The Hall–Kier alpha value is -1.71. The topological polar surface area (TPSA) is 95.8 Å². The summed E-state index contributed by atoms with van der Waals surface area (Å²) in [5, 5.41) is 14.9. The Morgan fingerprint density at radius 2 is 1.89 bits per heavy atom. The Bertz CT molecular complexity index is 849. The van der Waals surface area contributed by atoms with Crippen LogP contribution in [0.4, 0.5) is 11.4 Å². The fourth-order valence-electron chi connectivity index (χ4n) is 4.50. The molecule has 0 bridgehead atoms. The third-order valence-electron chi connectivity index (χ3n) is 6.12. The maximum Gasteiger partial charge on any atom is 0.293 e. The third kappa shape index (κ3) is 3.88. The van der Waals surface area contributed by atoms with Crippen LogP contribution in [0.15, 0.2) is 23.1 Å². The zero-order chi connectivity index (χ0) is 19.9.